The molecule has 0 saturated carbocycles. The maximum absolute atomic E-state index is 11.3. The number of rotatable bonds is 2. The van der Waals surface area contributed by atoms with Gasteiger partial charge in [-0.2, -0.15) is 12.7 Å². The van der Waals surface area contributed by atoms with Crippen LogP contribution in [0.2, 0.25) is 0 Å². The fourth-order valence-electron chi connectivity index (χ4n) is 1.49. The van der Waals surface area contributed by atoms with Crippen LogP contribution < -0.4 is 4.72 Å². The molecule has 1 aliphatic rings. The molecule has 1 N–H and O–H groups in total. The Labute approximate surface area is 74.1 Å². The van der Waals surface area contributed by atoms with E-state index in [1.54, 1.807) is 0 Å². The van der Waals surface area contributed by atoms with Gasteiger partial charge in [0.2, 0.25) is 0 Å². The molecule has 5 heteroatoms. The molecule has 1 atom stereocenters. The molecule has 4 nitrogen and oxygen atoms in total. The van der Waals surface area contributed by atoms with Gasteiger partial charge in [0.1, 0.15) is 0 Å². The third-order valence-corrected chi connectivity index (χ3v) is 3.75. The largest absolute Gasteiger partial charge is 0.279 e. The van der Waals surface area contributed by atoms with Crippen molar-refractivity contribution in [2.75, 3.05) is 20.1 Å². The zero-order chi connectivity index (χ0) is 9.19. The van der Waals surface area contributed by atoms with Gasteiger partial charge in [-0.1, -0.05) is 6.92 Å². The SMILES string of the molecule is CNS(=O)(=O)N1CCC[C@H](C)C1. The highest BCUT2D eigenvalue weighted by Crippen LogP contribution is 2.17. The molecular weight excluding hydrogens is 176 g/mol. The van der Waals surface area contributed by atoms with Crippen molar-refractivity contribution < 1.29 is 8.42 Å². The van der Waals surface area contributed by atoms with Gasteiger partial charge in [0.15, 0.2) is 0 Å². The Hall–Kier alpha value is -0.130. The topological polar surface area (TPSA) is 49.4 Å². The Kier molecular flexibility index (Phi) is 3.09. The fourth-order valence-corrected chi connectivity index (χ4v) is 2.57. The summed E-state index contributed by atoms with van der Waals surface area (Å²) in [5.74, 6) is 0.488. The minimum atomic E-state index is -3.17. The van der Waals surface area contributed by atoms with Gasteiger partial charge in [-0.3, -0.25) is 0 Å². The summed E-state index contributed by atoms with van der Waals surface area (Å²) in [6, 6.07) is 0. The van der Waals surface area contributed by atoms with Crippen LogP contribution in [0.25, 0.3) is 0 Å². The Balaban J connectivity index is 2.63. The third kappa shape index (κ3) is 2.18. The molecule has 1 saturated heterocycles. The van der Waals surface area contributed by atoms with E-state index in [9.17, 15) is 8.42 Å². The number of nitrogens with zero attached hydrogens (tertiary/aromatic N) is 1. The molecule has 72 valence electrons. The van der Waals surface area contributed by atoms with Crippen LogP contribution in [0.5, 0.6) is 0 Å². The zero-order valence-corrected chi connectivity index (χ0v) is 8.39. The molecule has 0 radical (unpaired) electrons. The second kappa shape index (κ2) is 3.72. The molecule has 0 aliphatic carbocycles. The lowest BCUT2D eigenvalue weighted by molar-refractivity contribution is 0.279. The summed E-state index contributed by atoms with van der Waals surface area (Å²) in [7, 11) is -1.72. The monoisotopic (exact) mass is 192 g/mol. The van der Waals surface area contributed by atoms with Crippen LogP contribution in [-0.2, 0) is 10.2 Å². The lowest BCUT2D eigenvalue weighted by atomic mass is 10.0. The predicted molar refractivity (Wildman–Crippen MR) is 48.0 cm³/mol. The molecule has 0 aromatic heterocycles. The standard InChI is InChI=1S/C7H16N2O2S/c1-7-4-3-5-9(6-7)12(10,11)8-2/h7-8H,3-6H2,1-2H3/t7-/m0/s1. The highest BCUT2D eigenvalue weighted by Gasteiger charge is 2.25. The molecule has 1 fully saturated rings. The van der Waals surface area contributed by atoms with E-state index in [4.69, 9.17) is 0 Å². The summed E-state index contributed by atoms with van der Waals surface area (Å²) in [6.07, 6.45) is 2.11. The Morgan fingerprint density at radius 1 is 1.50 bits per heavy atom. The molecule has 1 rings (SSSR count). The van der Waals surface area contributed by atoms with Crippen LogP contribution >= 0.6 is 0 Å². The van der Waals surface area contributed by atoms with E-state index in [2.05, 4.69) is 11.6 Å². The van der Waals surface area contributed by atoms with Gasteiger partial charge in [0, 0.05) is 20.1 Å². The van der Waals surface area contributed by atoms with E-state index < -0.39 is 10.2 Å². The van der Waals surface area contributed by atoms with E-state index in [0.29, 0.717) is 19.0 Å². The van der Waals surface area contributed by atoms with E-state index in [0.717, 1.165) is 12.8 Å². The smallest absolute Gasteiger partial charge is 0.205 e. The summed E-state index contributed by atoms with van der Waals surface area (Å²) in [6.45, 7) is 3.40. The van der Waals surface area contributed by atoms with Gasteiger partial charge in [0.05, 0.1) is 0 Å². The van der Waals surface area contributed by atoms with E-state index in [1.807, 2.05) is 0 Å². The molecular formula is C7H16N2O2S. The number of hydrogen-bond acceptors (Lipinski definition) is 2. The van der Waals surface area contributed by atoms with E-state index in [-0.39, 0.29) is 0 Å². The van der Waals surface area contributed by atoms with E-state index in [1.165, 1.54) is 11.4 Å². The molecule has 0 aromatic carbocycles. The maximum atomic E-state index is 11.3. The zero-order valence-electron chi connectivity index (χ0n) is 7.58. The van der Waals surface area contributed by atoms with Crippen molar-refractivity contribution in [3.05, 3.63) is 0 Å². The highest BCUT2D eigenvalue weighted by molar-refractivity contribution is 7.87. The van der Waals surface area contributed by atoms with Crippen molar-refractivity contribution in [1.29, 1.82) is 0 Å². The molecule has 1 heterocycles. The lowest BCUT2D eigenvalue weighted by Crippen LogP contribution is -2.44. The van der Waals surface area contributed by atoms with Gasteiger partial charge in [-0.15, -0.1) is 0 Å². The van der Waals surface area contributed by atoms with Crippen molar-refractivity contribution in [2.45, 2.75) is 19.8 Å². The van der Waals surface area contributed by atoms with Crippen molar-refractivity contribution in [2.24, 2.45) is 5.92 Å². The predicted octanol–water partition coefficient (Wildman–Crippen LogP) is 0.182. The van der Waals surface area contributed by atoms with Gasteiger partial charge < -0.3 is 0 Å². The Morgan fingerprint density at radius 3 is 2.67 bits per heavy atom. The summed E-state index contributed by atoms with van der Waals surface area (Å²) >= 11 is 0. The average Bonchev–Trinajstić information content (AvgIpc) is 2.05. The molecule has 12 heavy (non-hydrogen) atoms. The van der Waals surface area contributed by atoms with Crippen LogP contribution in [-0.4, -0.2) is 32.9 Å². The maximum Gasteiger partial charge on any atom is 0.279 e. The lowest BCUT2D eigenvalue weighted by Gasteiger charge is -2.29. The van der Waals surface area contributed by atoms with Gasteiger partial charge in [0.25, 0.3) is 10.2 Å². The van der Waals surface area contributed by atoms with Crippen LogP contribution in [0.4, 0.5) is 0 Å². The van der Waals surface area contributed by atoms with Crippen molar-refractivity contribution in [3.63, 3.8) is 0 Å². The molecule has 0 aromatic rings. The first-order valence-electron chi connectivity index (χ1n) is 4.25. The second-order valence-corrected chi connectivity index (χ2v) is 5.19. The highest BCUT2D eigenvalue weighted by atomic mass is 32.2. The minimum absolute atomic E-state index is 0.488. The first-order valence-corrected chi connectivity index (χ1v) is 5.69. The normalized spacial score (nSPS) is 27.3. The molecule has 0 spiro atoms. The number of nitrogens with one attached hydrogen (secondary N) is 1. The molecule has 1 aliphatic heterocycles. The van der Waals surface area contributed by atoms with Crippen LogP contribution in [0.3, 0.4) is 0 Å². The van der Waals surface area contributed by atoms with Crippen molar-refractivity contribution in [1.82, 2.24) is 9.03 Å². The van der Waals surface area contributed by atoms with Crippen molar-refractivity contribution in [3.8, 4) is 0 Å². The van der Waals surface area contributed by atoms with Crippen LogP contribution in [0.15, 0.2) is 0 Å². The second-order valence-electron chi connectivity index (χ2n) is 3.31. The first-order chi connectivity index (χ1) is 5.56. The molecule has 0 unspecified atom stereocenters. The van der Waals surface area contributed by atoms with Gasteiger partial charge >= 0.3 is 0 Å². The minimum Gasteiger partial charge on any atom is -0.205 e. The third-order valence-electron chi connectivity index (χ3n) is 2.22. The summed E-state index contributed by atoms with van der Waals surface area (Å²) in [5, 5.41) is 0. The number of hydrogen-bond donors (Lipinski definition) is 1. The van der Waals surface area contributed by atoms with Gasteiger partial charge in [-0.05, 0) is 18.8 Å². The van der Waals surface area contributed by atoms with Crippen molar-refractivity contribution >= 4 is 10.2 Å². The first kappa shape index (κ1) is 9.95. The van der Waals surface area contributed by atoms with Crippen LogP contribution in [0.1, 0.15) is 19.8 Å². The Bertz CT molecular complexity index is 238. The van der Waals surface area contributed by atoms with Gasteiger partial charge in [-0.25, -0.2) is 4.72 Å². The molecule has 0 amide bonds. The average molecular weight is 192 g/mol. The van der Waals surface area contributed by atoms with E-state index >= 15 is 0 Å². The summed E-state index contributed by atoms with van der Waals surface area (Å²) < 4.78 is 26.5. The molecule has 0 bridgehead atoms. The Morgan fingerprint density at radius 2 is 2.17 bits per heavy atom. The number of piperidine rings is 1. The van der Waals surface area contributed by atoms with Crippen LogP contribution in [0, 0.1) is 5.92 Å². The summed E-state index contributed by atoms with van der Waals surface area (Å²) in [4.78, 5) is 0. The summed E-state index contributed by atoms with van der Waals surface area (Å²) in [5.41, 5.74) is 0. The fraction of sp³-hybridized carbons (Fsp3) is 1.00. The quantitative estimate of drug-likeness (QED) is 0.678.